The summed E-state index contributed by atoms with van der Waals surface area (Å²) in [6, 6.07) is 0.481. The monoisotopic (exact) mass is 272 g/mol. The number of anilines is 1. The van der Waals surface area contributed by atoms with Crippen molar-refractivity contribution in [3.8, 4) is 0 Å². The predicted octanol–water partition coefficient (Wildman–Crippen LogP) is 0.900. The molecule has 0 amide bonds. The number of hydrogen-bond donors (Lipinski definition) is 2. The minimum Gasteiger partial charge on any atom is -0.396 e. The van der Waals surface area contributed by atoms with Gasteiger partial charge in [0, 0.05) is 18.8 Å². The molecular weight excluding hydrogens is 248 g/mol. The van der Waals surface area contributed by atoms with E-state index in [-0.39, 0.29) is 0 Å². The summed E-state index contributed by atoms with van der Waals surface area (Å²) >= 11 is 1.85. The number of aromatic nitrogens is 2. The van der Waals surface area contributed by atoms with E-state index < -0.39 is 6.10 Å². The highest BCUT2D eigenvalue weighted by Crippen LogP contribution is 2.07. The van der Waals surface area contributed by atoms with Gasteiger partial charge in [0.1, 0.15) is 0 Å². The van der Waals surface area contributed by atoms with E-state index in [1.807, 2.05) is 18.8 Å². The number of likely N-dealkylation sites (N-methyl/N-ethyl adjacent to an activating group) is 1. The number of aliphatic hydroxyl groups is 1. The molecule has 2 atom stereocenters. The second kappa shape index (κ2) is 7.66. The highest BCUT2D eigenvalue weighted by atomic mass is 32.2. The first kappa shape index (κ1) is 15.3. The molecule has 0 bridgehead atoms. The zero-order valence-electron chi connectivity index (χ0n) is 11.4. The SMILES string of the molecule is CSCCC(C)N(C)CC(O)Cn1cc(N)cn1. The summed E-state index contributed by atoms with van der Waals surface area (Å²) in [5.41, 5.74) is 6.21. The number of nitrogens with two attached hydrogens (primary N) is 1. The van der Waals surface area contributed by atoms with E-state index in [1.54, 1.807) is 17.1 Å². The molecule has 104 valence electrons. The fourth-order valence-corrected chi connectivity index (χ4v) is 2.35. The molecule has 3 N–H and O–H groups in total. The van der Waals surface area contributed by atoms with Crippen LogP contribution in [0.2, 0.25) is 0 Å². The van der Waals surface area contributed by atoms with Gasteiger partial charge in [-0.15, -0.1) is 0 Å². The Balaban J connectivity index is 2.32. The molecule has 0 fully saturated rings. The first-order valence-corrected chi connectivity index (χ1v) is 7.57. The lowest BCUT2D eigenvalue weighted by atomic mass is 10.2. The zero-order chi connectivity index (χ0) is 13.5. The Morgan fingerprint density at radius 1 is 1.61 bits per heavy atom. The van der Waals surface area contributed by atoms with E-state index in [2.05, 4.69) is 23.2 Å². The van der Waals surface area contributed by atoms with Crippen LogP contribution in [-0.2, 0) is 6.54 Å². The number of nitrogens with zero attached hydrogens (tertiary/aromatic N) is 3. The Morgan fingerprint density at radius 2 is 2.33 bits per heavy atom. The van der Waals surface area contributed by atoms with E-state index in [9.17, 15) is 5.11 Å². The van der Waals surface area contributed by atoms with Crippen LogP contribution in [0.3, 0.4) is 0 Å². The van der Waals surface area contributed by atoms with Gasteiger partial charge in [0.15, 0.2) is 0 Å². The van der Waals surface area contributed by atoms with Crippen molar-refractivity contribution in [2.24, 2.45) is 0 Å². The average molecular weight is 272 g/mol. The molecule has 0 radical (unpaired) electrons. The van der Waals surface area contributed by atoms with Crippen LogP contribution in [0.25, 0.3) is 0 Å². The van der Waals surface area contributed by atoms with Crippen molar-refractivity contribution in [1.82, 2.24) is 14.7 Å². The quantitative estimate of drug-likeness (QED) is 0.736. The first-order valence-electron chi connectivity index (χ1n) is 6.18. The molecule has 2 unspecified atom stereocenters. The van der Waals surface area contributed by atoms with E-state index in [4.69, 9.17) is 5.73 Å². The molecule has 1 heterocycles. The lowest BCUT2D eigenvalue weighted by Gasteiger charge is -2.26. The minimum absolute atomic E-state index is 0.425. The van der Waals surface area contributed by atoms with Gasteiger partial charge in [0.05, 0.1) is 24.5 Å². The molecule has 0 spiro atoms. The van der Waals surface area contributed by atoms with Crippen LogP contribution in [0.4, 0.5) is 5.69 Å². The van der Waals surface area contributed by atoms with Gasteiger partial charge < -0.3 is 15.7 Å². The molecule has 1 aromatic rings. The summed E-state index contributed by atoms with van der Waals surface area (Å²) in [5.74, 6) is 1.15. The van der Waals surface area contributed by atoms with Gasteiger partial charge in [-0.25, -0.2) is 0 Å². The van der Waals surface area contributed by atoms with Crippen LogP contribution < -0.4 is 5.73 Å². The predicted molar refractivity (Wildman–Crippen MR) is 77.7 cm³/mol. The van der Waals surface area contributed by atoms with Gasteiger partial charge in [-0.05, 0) is 32.4 Å². The Hall–Kier alpha value is -0.720. The molecule has 1 rings (SSSR count). The largest absolute Gasteiger partial charge is 0.396 e. The molecule has 18 heavy (non-hydrogen) atoms. The number of nitrogen functional groups attached to an aromatic ring is 1. The normalized spacial score (nSPS) is 14.9. The molecular formula is C12H24N4OS. The second-order valence-corrected chi connectivity index (χ2v) is 5.71. The Bertz CT molecular complexity index is 345. The van der Waals surface area contributed by atoms with Crippen LogP contribution in [0.15, 0.2) is 12.4 Å². The van der Waals surface area contributed by atoms with E-state index in [0.717, 1.165) is 12.2 Å². The Morgan fingerprint density at radius 3 is 2.89 bits per heavy atom. The summed E-state index contributed by atoms with van der Waals surface area (Å²) in [4.78, 5) is 2.19. The Kier molecular flexibility index (Phi) is 6.52. The third kappa shape index (κ3) is 5.29. The standard InChI is InChI=1S/C12H24N4OS/c1-10(4-5-18-3)15(2)8-12(17)9-16-7-11(13)6-14-16/h6-7,10,12,17H,4-5,8-9,13H2,1-3H3. The summed E-state index contributed by atoms with van der Waals surface area (Å²) < 4.78 is 1.68. The van der Waals surface area contributed by atoms with Gasteiger partial charge in [0.25, 0.3) is 0 Å². The van der Waals surface area contributed by atoms with Gasteiger partial charge in [-0.2, -0.15) is 16.9 Å². The second-order valence-electron chi connectivity index (χ2n) is 4.72. The van der Waals surface area contributed by atoms with Crippen molar-refractivity contribution in [3.63, 3.8) is 0 Å². The van der Waals surface area contributed by atoms with Gasteiger partial charge in [-0.3, -0.25) is 4.68 Å². The van der Waals surface area contributed by atoms with Crippen molar-refractivity contribution >= 4 is 17.4 Å². The van der Waals surface area contributed by atoms with Crippen LogP contribution in [0.5, 0.6) is 0 Å². The van der Waals surface area contributed by atoms with Crippen LogP contribution in [-0.4, -0.2) is 57.5 Å². The number of thioether (sulfide) groups is 1. The third-order valence-corrected chi connectivity index (χ3v) is 3.69. The molecule has 1 aromatic heterocycles. The number of rotatable bonds is 8. The molecule has 0 aliphatic rings. The van der Waals surface area contributed by atoms with E-state index in [0.29, 0.717) is 24.8 Å². The summed E-state index contributed by atoms with van der Waals surface area (Å²) in [5, 5.41) is 14.1. The molecule has 0 aromatic carbocycles. The van der Waals surface area contributed by atoms with E-state index in [1.165, 1.54) is 0 Å². The van der Waals surface area contributed by atoms with Crippen LogP contribution in [0.1, 0.15) is 13.3 Å². The maximum atomic E-state index is 10.0. The maximum absolute atomic E-state index is 10.0. The average Bonchev–Trinajstić information content (AvgIpc) is 2.71. The summed E-state index contributed by atoms with van der Waals surface area (Å²) in [6.45, 7) is 3.32. The molecule has 5 nitrogen and oxygen atoms in total. The van der Waals surface area contributed by atoms with Crippen molar-refractivity contribution < 1.29 is 5.11 Å². The lowest BCUT2D eigenvalue weighted by Crippen LogP contribution is -2.38. The molecule has 0 saturated heterocycles. The highest BCUT2D eigenvalue weighted by molar-refractivity contribution is 7.98. The van der Waals surface area contributed by atoms with Crippen LogP contribution >= 0.6 is 11.8 Å². The molecule has 0 aliphatic carbocycles. The Labute approximate surface area is 113 Å². The molecule has 0 aliphatic heterocycles. The topological polar surface area (TPSA) is 67.3 Å². The summed E-state index contributed by atoms with van der Waals surface area (Å²) in [7, 11) is 2.05. The van der Waals surface area contributed by atoms with Crippen LogP contribution in [0, 0.1) is 0 Å². The fraction of sp³-hybridized carbons (Fsp3) is 0.750. The number of aliphatic hydroxyl groups excluding tert-OH is 1. The van der Waals surface area contributed by atoms with Crippen molar-refractivity contribution in [2.75, 3.05) is 31.3 Å². The fourth-order valence-electron chi connectivity index (χ4n) is 1.77. The first-order chi connectivity index (χ1) is 8.52. The zero-order valence-corrected chi connectivity index (χ0v) is 12.2. The molecule has 6 heteroatoms. The van der Waals surface area contributed by atoms with E-state index >= 15 is 0 Å². The van der Waals surface area contributed by atoms with Gasteiger partial charge in [0.2, 0.25) is 0 Å². The smallest absolute Gasteiger partial charge is 0.0862 e. The lowest BCUT2D eigenvalue weighted by molar-refractivity contribution is 0.0904. The van der Waals surface area contributed by atoms with Crippen molar-refractivity contribution in [1.29, 1.82) is 0 Å². The highest BCUT2D eigenvalue weighted by Gasteiger charge is 2.14. The maximum Gasteiger partial charge on any atom is 0.0862 e. The van der Waals surface area contributed by atoms with Gasteiger partial charge in [-0.1, -0.05) is 0 Å². The van der Waals surface area contributed by atoms with Gasteiger partial charge >= 0.3 is 0 Å². The van der Waals surface area contributed by atoms with Crippen molar-refractivity contribution in [2.45, 2.75) is 32.0 Å². The molecule has 0 saturated carbocycles. The summed E-state index contributed by atoms with van der Waals surface area (Å²) in [6.07, 6.45) is 6.16. The van der Waals surface area contributed by atoms with Crippen molar-refractivity contribution in [3.05, 3.63) is 12.4 Å². The minimum atomic E-state index is -0.425. The number of hydrogen-bond acceptors (Lipinski definition) is 5. The third-order valence-electron chi connectivity index (χ3n) is 3.04.